The molecule has 29 heavy (non-hydrogen) atoms. The molecule has 1 atom stereocenters. The van der Waals surface area contributed by atoms with Crippen LogP contribution in [0, 0.1) is 0 Å². The Balaban J connectivity index is 2.26. The van der Waals surface area contributed by atoms with Crippen LogP contribution >= 0.6 is 0 Å². The standard InChI is InChI=1S/C22H27NO6/c1-4-11-29-19-10-9-15(13-20(19)27-3)18(14-21(24)25)23-22(26)16-7-6-8-17(12-16)28-5-2/h6-10,12-13,18H,4-5,11,14H2,1-3H3,(H,23,26)(H,24,25). The molecule has 0 fully saturated rings. The first-order valence-electron chi connectivity index (χ1n) is 9.54. The van der Waals surface area contributed by atoms with Crippen LogP contribution < -0.4 is 19.5 Å². The molecule has 0 aliphatic rings. The van der Waals surface area contributed by atoms with Gasteiger partial charge in [0.2, 0.25) is 0 Å². The molecule has 2 aromatic carbocycles. The highest BCUT2D eigenvalue weighted by atomic mass is 16.5. The Kier molecular flexibility index (Phi) is 8.33. The maximum atomic E-state index is 12.7. The second-order valence-corrected chi connectivity index (χ2v) is 6.34. The number of carbonyl (C=O) groups is 2. The van der Waals surface area contributed by atoms with Crippen molar-refractivity contribution in [2.24, 2.45) is 0 Å². The summed E-state index contributed by atoms with van der Waals surface area (Å²) in [5.74, 6) is 0.225. The summed E-state index contributed by atoms with van der Waals surface area (Å²) in [6.07, 6.45) is 0.582. The number of carboxylic acids is 1. The van der Waals surface area contributed by atoms with Crippen LogP contribution in [0.15, 0.2) is 42.5 Å². The third-order valence-corrected chi connectivity index (χ3v) is 4.14. The van der Waals surface area contributed by atoms with E-state index in [-0.39, 0.29) is 12.3 Å². The van der Waals surface area contributed by atoms with Gasteiger partial charge in [-0.05, 0) is 49.2 Å². The van der Waals surface area contributed by atoms with E-state index in [2.05, 4.69) is 5.32 Å². The number of amides is 1. The third-order valence-electron chi connectivity index (χ3n) is 4.14. The van der Waals surface area contributed by atoms with E-state index >= 15 is 0 Å². The van der Waals surface area contributed by atoms with Crippen molar-refractivity contribution in [2.75, 3.05) is 20.3 Å². The van der Waals surface area contributed by atoms with E-state index < -0.39 is 12.0 Å². The quantitative estimate of drug-likeness (QED) is 0.594. The fourth-order valence-electron chi connectivity index (χ4n) is 2.79. The van der Waals surface area contributed by atoms with Crippen LogP contribution in [0.25, 0.3) is 0 Å². The number of rotatable bonds is 11. The van der Waals surface area contributed by atoms with E-state index in [1.54, 1.807) is 42.5 Å². The van der Waals surface area contributed by atoms with Gasteiger partial charge in [-0.3, -0.25) is 9.59 Å². The summed E-state index contributed by atoms with van der Waals surface area (Å²) in [5.41, 5.74) is 1.00. The lowest BCUT2D eigenvalue weighted by atomic mass is 10.0. The summed E-state index contributed by atoms with van der Waals surface area (Å²) in [4.78, 5) is 24.1. The number of nitrogens with one attached hydrogen (secondary N) is 1. The summed E-state index contributed by atoms with van der Waals surface area (Å²) in [6, 6.07) is 11.2. The Hall–Kier alpha value is -3.22. The summed E-state index contributed by atoms with van der Waals surface area (Å²) in [7, 11) is 1.52. The Morgan fingerprint density at radius 2 is 1.86 bits per heavy atom. The van der Waals surface area contributed by atoms with Gasteiger partial charge in [0.1, 0.15) is 5.75 Å². The topological polar surface area (TPSA) is 94.1 Å². The monoisotopic (exact) mass is 401 g/mol. The molecule has 0 saturated carbocycles. The molecule has 0 heterocycles. The van der Waals surface area contributed by atoms with Gasteiger partial charge in [0.25, 0.3) is 5.91 Å². The van der Waals surface area contributed by atoms with Gasteiger partial charge in [-0.1, -0.05) is 19.1 Å². The molecule has 7 nitrogen and oxygen atoms in total. The van der Waals surface area contributed by atoms with Crippen molar-refractivity contribution in [3.05, 3.63) is 53.6 Å². The largest absolute Gasteiger partial charge is 0.494 e. The van der Waals surface area contributed by atoms with Gasteiger partial charge >= 0.3 is 5.97 Å². The molecule has 7 heteroatoms. The zero-order chi connectivity index (χ0) is 21.2. The van der Waals surface area contributed by atoms with Gasteiger partial charge in [-0.2, -0.15) is 0 Å². The molecule has 1 amide bonds. The number of aliphatic carboxylic acids is 1. The number of benzene rings is 2. The van der Waals surface area contributed by atoms with Crippen LogP contribution in [0.2, 0.25) is 0 Å². The lowest BCUT2D eigenvalue weighted by Crippen LogP contribution is -2.30. The maximum absolute atomic E-state index is 12.7. The third kappa shape index (κ3) is 6.41. The average Bonchev–Trinajstić information content (AvgIpc) is 2.71. The van der Waals surface area contributed by atoms with E-state index in [9.17, 15) is 14.7 Å². The highest BCUT2D eigenvalue weighted by molar-refractivity contribution is 5.95. The lowest BCUT2D eigenvalue weighted by molar-refractivity contribution is -0.137. The summed E-state index contributed by atoms with van der Waals surface area (Å²) in [6.45, 7) is 4.89. The molecule has 0 aliphatic carbocycles. The van der Waals surface area contributed by atoms with Gasteiger partial charge in [0.05, 0.1) is 32.8 Å². The zero-order valence-electron chi connectivity index (χ0n) is 16.9. The van der Waals surface area contributed by atoms with E-state index in [1.165, 1.54) is 7.11 Å². The Morgan fingerprint density at radius 3 is 2.52 bits per heavy atom. The number of ether oxygens (including phenoxy) is 3. The van der Waals surface area contributed by atoms with Crippen molar-refractivity contribution >= 4 is 11.9 Å². The maximum Gasteiger partial charge on any atom is 0.305 e. The second kappa shape index (κ2) is 10.9. The molecular weight excluding hydrogens is 374 g/mol. The number of methoxy groups -OCH3 is 1. The van der Waals surface area contributed by atoms with E-state index in [1.807, 2.05) is 13.8 Å². The van der Waals surface area contributed by atoms with E-state index in [4.69, 9.17) is 14.2 Å². The van der Waals surface area contributed by atoms with Crippen molar-refractivity contribution in [1.82, 2.24) is 5.32 Å². The highest BCUT2D eigenvalue weighted by Gasteiger charge is 2.21. The molecule has 0 aromatic heterocycles. The first kappa shape index (κ1) is 22.1. The molecule has 0 bridgehead atoms. The van der Waals surface area contributed by atoms with Crippen molar-refractivity contribution < 1.29 is 28.9 Å². The van der Waals surface area contributed by atoms with Gasteiger partial charge in [-0.25, -0.2) is 0 Å². The van der Waals surface area contributed by atoms with Gasteiger partial charge in [-0.15, -0.1) is 0 Å². The van der Waals surface area contributed by atoms with Crippen LogP contribution in [0.4, 0.5) is 0 Å². The minimum absolute atomic E-state index is 0.269. The van der Waals surface area contributed by atoms with Crippen molar-refractivity contribution in [2.45, 2.75) is 32.7 Å². The lowest BCUT2D eigenvalue weighted by Gasteiger charge is -2.19. The molecule has 2 N–H and O–H groups in total. The van der Waals surface area contributed by atoms with E-state index in [0.717, 1.165) is 6.42 Å². The predicted molar refractivity (Wildman–Crippen MR) is 109 cm³/mol. The molecule has 0 saturated heterocycles. The van der Waals surface area contributed by atoms with Crippen LogP contribution in [-0.2, 0) is 4.79 Å². The van der Waals surface area contributed by atoms with Gasteiger partial charge in [0, 0.05) is 5.56 Å². The normalized spacial score (nSPS) is 11.4. The molecular formula is C22H27NO6. The average molecular weight is 401 g/mol. The van der Waals surface area contributed by atoms with Crippen LogP contribution in [0.3, 0.4) is 0 Å². The fraction of sp³-hybridized carbons (Fsp3) is 0.364. The molecule has 0 spiro atoms. The minimum atomic E-state index is -1.02. The molecule has 0 aliphatic heterocycles. The predicted octanol–water partition coefficient (Wildman–Crippen LogP) is 3.83. The molecule has 156 valence electrons. The number of carbonyl (C=O) groups excluding carboxylic acids is 1. The SMILES string of the molecule is CCCOc1ccc(C(CC(=O)O)NC(=O)c2cccc(OCC)c2)cc1OC. The molecule has 2 rings (SSSR count). The number of hydrogen-bond acceptors (Lipinski definition) is 5. The Labute approximate surface area is 170 Å². The van der Waals surface area contributed by atoms with Crippen LogP contribution in [0.5, 0.6) is 17.2 Å². The van der Waals surface area contributed by atoms with Crippen molar-refractivity contribution in [3.8, 4) is 17.2 Å². The smallest absolute Gasteiger partial charge is 0.305 e. The molecule has 0 radical (unpaired) electrons. The Bertz CT molecular complexity index is 836. The van der Waals surface area contributed by atoms with Crippen molar-refractivity contribution in [3.63, 3.8) is 0 Å². The van der Waals surface area contributed by atoms with Crippen LogP contribution in [0.1, 0.15) is 48.7 Å². The van der Waals surface area contributed by atoms with E-state index in [0.29, 0.717) is 41.6 Å². The van der Waals surface area contributed by atoms with Crippen LogP contribution in [-0.4, -0.2) is 37.3 Å². The summed E-state index contributed by atoms with van der Waals surface area (Å²) >= 11 is 0. The Morgan fingerprint density at radius 1 is 1.07 bits per heavy atom. The first-order valence-corrected chi connectivity index (χ1v) is 9.54. The zero-order valence-corrected chi connectivity index (χ0v) is 16.9. The fourth-order valence-corrected chi connectivity index (χ4v) is 2.79. The highest BCUT2D eigenvalue weighted by Crippen LogP contribution is 2.31. The van der Waals surface area contributed by atoms with Crippen molar-refractivity contribution in [1.29, 1.82) is 0 Å². The first-order chi connectivity index (χ1) is 14.0. The summed E-state index contributed by atoms with van der Waals surface area (Å²) in [5, 5.41) is 12.1. The van der Waals surface area contributed by atoms with Gasteiger partial charge in [0.15, 0.2) is 11.5 Å². The molecule has 2 aromatic rings. The molecule has 1 unspecified atom stereocenters. The number of hydrogen-bond donors (Lipinski definition) is 2. The summed E-state index contributed by atoms with van der Waals surface area (Å²) < 4.78 is 16.4. The van der Waals surface area contributed by atoms with Gasteiger partial charge < -0.3 is 24.6 Å². The second-order valence-electron chi connectivity index (χ2n) is 6.34. The number of carboxylic acid groups (broad SMARTS) is 1. The minimum Gasteiger partial charge on any atom is -0.494 e.